The Labute approximate surface area is 219 Å². The second kappa shape index (κ2) is 12.2. The molecule has 178 valence electrons. The van der Waals surface area contributed by atoms with Gasteiger partial charge in [-0.25, -0.2) is 4.39 Å². The summed E-state index contributed by atoms with van der Waals surface area (Å²) in [5, 5.41) is 11.2. The number of nitrogens with zero attached hydrogens (tertiary/aromatic N) is 3. The summed E-state index contributed by atoms with van der Waals surface area (Å²) < 4.78 is 14.2. The Morgan fingerprint density at radius 2 is 1.89 bits per heavy atom. The summed E-state index contributed by atoms with van der Waals surface area (Å²) in [6.45, 7) is 0.155. The minimum atomic E-state index is -0.346. The zero-order valence-corrected chi connectivity index (χ0v) is 21.5. The first-order valence-electron chi connectivity index (χ1n) is 10.5. The molecule has 0 radical (unpaired) electrons. The van der Waals surface area contributed by atoms with Crippen LogP contribution in [-0.2, 0) is 9.59 Å². The summed E-state index contributed by atoms with van der Waals surface area (Å²) in [4.78, 5) is 26.9. The first-order chi connectivity index (χ1) is 17.0. The predicted molar refractivity (Wildman–Crippen MR) is 146 cm³/mol. The average molecular weight is 543 g/mol. The van der Waals surface area contributed by atoms with E-state index in [1.807, 2.05) is 42.5 Å². The van der Waals surface area contributed by atoms with Gasteiger partial charge in [0.15, 0.2) is 4.34 Å². The van der Waals surface area contributed by atoms with Crippen LogP contribution in [0.15, 0.2) is 69.9 Å². The standard InChI is InChI=1S/C24H19FN4O2S4/c25-18-10-8-17(9-11-18)15-19-21(31)29(24(32)34-19)13-12-20(30)26-22-27-28-23(35-22)33-14-4-7-16-5-2-1-3-6-16/h1-11,15H,12-14H2,(H,26,27,30)/b7-4+,19-15+. The van der Waals surface area contributed by atoms with Crippen LogP contribution < -0.4 is 5.32 Å². The number of rotatable bonds is 9. The zero-order valence-electron chi connectivity index (χ0n) is 18.2. The van der Waals surface area contributed by atoms with E-state index in [9.17, 15) is 14.0 Å². The Morgan fingerprint density at radius 1 is 1.11 bits per heavy atom. The second-order valence-electron chi connectivity index (χ2n) is 7.18. The van der Waals surface area contributed by atoms with Crippen LogP contribution in [0.1, 0.15) is 17.5 Å². The van der Waals surface area contributed by atoms with Crippen LogP contribution in [0.2, 0.25) is 0 Å². The summed E-state index contributed by atoms with van der Waals surface area (Å²) in [5.74, 6) is -0.160. The minimum Gasteiger partial charge on any atom is -0.300 e. The molecule has 0 spiro atoms. The lowest BCUT2D eigenvalue weighted by Gasteiger charge is -2.13. The number of thiocarbonyl (C=S) groups is 1. The van der Waals surface area contributed by atoms with Crippen LogP contribution in [0.4, 0.5) is 9.52 Å². The van der Waals surface area contributed by atoms with Crippen LogP contribution in [0.3, 0.4) is 0 Å². The number of amides is 2. The number of hydrogen-bond donors (Lipinski definition) is 1. The van der Waals surface area contributed by atoms with E-state index in [2.05, 4.69) is 15.5 Å². The quantitative estimate of drug-likeness (QED) is 0.161. The van der Waals surface area contributed by atoms with Crippen molar-refractivity contribution in [2.45, 2.75) is 10.8 Å². The molecule has 2 aromatic carbocycles. The number of benzene rings is 2. The number of thioether (sulfide) groups is 2. The summed E-state index contributed by atoms with van der Waals surface area (Å²) in [7, 11) is 0. The van der Waals surface area contributed by atoms with Crippen molar-refractivity contribution in [1.29, 1.82) is 0 Å². The van der Waals surface area contributed by atoms with Gasteiger partial charge in [-0.3, -0.25) is 14.5 Å². The van der Waals surface area contributed by atoms with Gasteiger partial charge in [0, 0.05) is 18.7 Å². The first-order valence-corrected chi connectivity index (χ1v) is 13.5. The SMILES string of the molecule is O=C(CCN1C(=O)/C(=C\c2ccc(F)cc2)SC1=S)Nc1nnc(SC/C=C/c2ccccc2)s1. The Balaban J connectivity index is 1.23. The van der Waals surface area contributed by atoms with E-state index in [0.717, 1.165) is 27.4 Å². The maximum absolute atomic E-state index is 13.1. The number of hydrogen-bond acceptors (Lipinski definition) is 8. The molecule has 1 N–H and O–H groups in total. The topological polar surface area (TPSA) is 75.2 Å². The third kappa shape index (κ3) is 7.31. The molecule has 1 aliphatic rings. The van der Waals surface area contributed by atoms with Crippen molar-refractivity contribution in [3.63, 3.8) is 0 Å². The Morgan fingerprint density at radius 3 is 2.66 bits per heavy atom. The molecule has 1 fully saturated rings. The smallest absolute Gasteiger partial charge is 0.266 e. The number of carbonyl (C=O) groups is 2. The van der Waals surface area contributed by atoms with E-state index >= 15 is 0 Å². The monoisotopic (exact) mass is 542 g/mol. The fourth-order valence-electron chi connectivity index (χ4n) is 2.98. The summed E-state index contributed by atoms with van der Waals surface area (Å²) in [6, 6.07) is 15.8. The molecule has 11 heteroatoms. The van der Waals surface area contributed by atoms with Gasteiger partial charge in [-0.15, -0.1) is 10.2 Å². The predicted octanol–water partition coefficient (Wildman–Crippen LogP) is 5.71. The molecule has 6 nitrogen and oxygen atoms in total. The summed E-state index contributed by atoms with van der Waals surface area (Å²) >= 11 is 9.30. The lowest BCUT2D eigenvalue weighted by Crippen LogP contribution is -2.31. The molecular formula is C24H19FN4O2S4. The normalized spacial score (nSPS) is 14.9. The van der Waals surface area contributed by atoms with Gasteiger partial charge in [-0.05, 0) is 29.3 Å². The minimum absolute atomic E-state index is 0.0676. The van der Waals surface area contributed by atoms with Crippen LogP contribution >= 0.6 is 47.1 Å². The van der Waals surface area contributed by atoms with Crippen molar-refractivity contribution >= 4 is 80.5 Å². The molecule has 1 aromatic heterocycles. The molecular weight excluding hydrogens is 524 g/mol. The third-order valence-corrected chi connectivity index (χ3v) is 7.97. The van der Waals surface area contributed by atoms with Crippen molar-refractivity contribution in [1.82, 2.24) is 15.1 Å². The molecule has 0 saturated carbocycles. The van der Waals surface area contributed by atoms with E-state index in [0.29, 0.717) is 19.9 Å². The number of aromatic nitrogens is 2. The highest BCUT2D eigenvalue weighted by Gasteiger charge is 2.32. The molecule has 35 heavy (non-hydrogen) atoms. The second-order valence-corrected chi connectivity index (χ2v) is 11.1. The van der Waals surface area contributed by atoms with Gasteiger partial charge in [0.05, 0.1) is 4.91 Å². The van der Waals surface area contributed by atoms with Crippen LogP contribution in [-0.4, -0.2) is 43.5 Å². The van der Waals surface area contributed by atoms with Gasteiger partial charge >= 0.3 is 0 Å². The Bertz CT molecular complexity index is 1280. The maximum Gasteiger partial charge on any atom is 0.266 e. The van der Waals surface area contributed by atoms with Crippen LogP contribution in [0, 0.1) is 5.82 Å². The highest BCUT2D eigenvalue weighted by atomic mass is 32.2. The van der Waals surface area contributed by atoms with Gasteiger partial charge < -0.3 is 5.32 Å². The van der Waals surface area contributed by atoms with E-state index in [4.69, 9.17) is 12.2 Å². The van der Waals surface area contributed by atoms with Crippen molar-refractivity contribution in [3.8, 4) is 0 Å². The molecule has 3 aromatic rings. The molecule has 0 atom stereocenters. The number of anilines is 1. The van der Waals surface area contributed by atoms with Crippen molar-refractivity contribution in [2.24, 2.45) is 0 Å². The molecule has 0 unspecified atom stereocenters. The van der Waals surface area contributed by atoms with Gasteiger partial charge in [-0.2, -0.15) is 0 Å². The zero-order chi connectivity index (χ0) is 24.6. The first kappa shape index (κ1) is 25.2. The molecule has 0 bridgehead atoms. The maximum atomic E-state index is 13.1. The fourth-order valence-corrected chi connectivity index (χ4v) is 5.90. The van der Waals surface area contributed by atoms with E-state index in [1.54, 1.807) is 18.2 Å². The molecule has 0 aliphatic carbocycles. The summed E-state index contributed by atoms with van der Waals surface area (Å²) in [5.41, 5.74) is 1.83. The number of carbonyl (C=O) groups excluding carboxylic acids is 2. The third-order valence-electron chi connectivity index (χ3n) is 4.67. The average Bonchev–Trinajstić information content (AvgIpc) is 3.40. The van der Waals surface area contributed by atoms with Gasteiger partial charge in [0.2, 0.25) is 11.0 Å². The Hall–Kier alpha value is -2.86. The number of nitrogens with one attached hydrogen (secondary N) is 1. The van der Waals surface area contributed by atoms with Crippen molar-refractivity contribution < 1.29 is 14.0 Å². The van der Waals surface area contributed by atoms with E-state index in [1.165, 1.54) is 40.1 Å². The summed E-state index contributed by atoms with van der Waals surface area (Å²) in [6.07, 6.45) is 5.82. The van der Waals surface area contributed by atoms with Crippen molar-refractivity contribution in [2.75, 3.05) is 17.6 Å². The van der Waals surface area contributed by atoms with E-state index in [-0.39, 0.29) is 30.6 Å². The number of halogens is 1. The molecule has 2 amide bonds. The highest BCUT2D eigenvalue weighted by molar-refractivity contribution is 8.26. The molecule has 1 aliphatic heterocycles. The Kier molecular flexibility index (Phi) is 8.80. The van der Waals surface area contributed by atoms with Crippen LogP contribution in [0.5, 0.6) is 0 Å². The highest BCUT2D eigenvalue weighted by Crippen LogP contribution is 2.32. The van der Waals surface area contributed by atoms with Gasteiger partial charge in [-0.1, -0.05) is 102 Å². The largest absolute Gasteiger partial charge is 0.300 e. The van der Waals surface area contributed by atoms with Crippen LogP contribution in [0.25, 0.3) is 12.2 Å². The van der Waals surface area contributed by atoms with Gasteiger partial charge in [0.1, 0.15) is 10.1 Å². The fraction of sp³-hybridized carbons (Fsp3) is 0.125. The van der Waals surface area contributed by atoms with Gasteiger partial charge in [0.25, 0.3) is 5.91 Å². The van der Waals surface area contributed by atoms with Crippen molar-refractivity contribution in [3.05, 3.63) is 82.5 Å². The van der Waals surface area contributed by atoms with E-state index < -0.39 is 0 Å². The molecule has 4 rings (SSSR count). The lowest BCUT2D eigenvalue weighted by atomic mass is 10.2. The molecule has 2 heterocycles. The lowest BCUT2D eigenvalue weighted by molar-refractivity contribution is -0.122. The molecule has 1 saturated heterocycles.